The third-order valence-corrected chi connectivity index (χ3v) is 3.23. The van der Waals surface area contributed by atoms with Gasteiger partial charge in [0.15, 0.2) is 0 Å². The van der Waals surface area contributed by atoms with Gasteiger partial charge < -0.3 is 21.1 Å². The summed E-state index contributed by atoms with van der Waals surface area (Å²) >= 11 is 0. The summed E-state index contributed by atoms with van der Waals surface area (Å²) in [6.07, 6.45) is 2.12. The van der Waals surface area contributed by atoms with Crippen LogP contribution in [0.2, 0.25) is 0 Å². The molecule has 0 spiro atoms. The van der Waals surface area contributed by atoms with Gasteiger partial charge in [-0.15, -0.1) is 0 Å². The second-order valence-electron chi connectivity index (χ2n) is 4.57. The minimum atomic E-state index is -0.697. The van der Waals surface area contributed by atoms with Gasteiger partial charge in [0.25, 0.3) is 0 Å². The van der Waals surface area contributed by atoms with E-state index < -0.39 is 5.97 Å². The minimum Gasteiger partial charge on any atom is -0.481 e. The molecule has 0 saturated carbocycles. The van der Waals surface area contributed by atoms with E-state index in [0.29, 0.717) is 18.5 Å². The Morgan fingerprint density at radius 2 is 2.31 bits per heavy atom. The van der Waals surface area contributed by atoms with Gasteiger partial charge in [-0.25, -0.2) is 0 Å². The lowest BCUT2D eigenvalue weighted by Crippen LogP contribution is -2.49. The summed E-state index contributed by atoms with van der Waals surface area (Å²) in [6, 6.07) is 0.471. The largest absolute Gasteiger partial charge is 0.481 e. The van der Waals surface area contributed by atoms with E-state index >= 15 is 0 Å². The van der Waals surface area contributed by atoms with Crippen LogP contribution in [0.1, 0.15) is 19.3 Å². The normalized spacial score (nSPS) is 26.9. The van der Waals surface area contributed by atoms with E-state index in [1.807, 2.05) is 7.05 Å². The second kappa shape index (κ2) is 6.83. The van der Waals surface area contributed by atoms with Gasteiger partial charge in [0.05, 0.1) is 0 Å². The zero-order chi connectivity index (χ0) is 12.0. The maximum Gasteiger partial charge on any atom is 0.303 e. The summed E-state index contributed by atoms with van der Waals surface area (Å²) < 4.78 is 0. The molecule has 1 rings (SSSR count). The van der Waals surface area contributed by atoms with Gasteiger partial charge in [0, 0.05) is 38.6 Å². The summed E-state index contributed by atoms with van der Waals surface area (Å²) in [5.74, 6) is -0.217. The topological polar surface area (TPSA) is 78.6 Å². The quantitative estimate of drug-likeness (QED) is 0.584. The summed E-state index contributed by atoms with van der Waals surface area (Å²) in [5, 5.41) is 12.0. The lowest BCUT2D eigenvalue weighted by atomic mass is 9.90. The fourth-order valence-corrected chi connectivity index (χ4v) is 2.41. The summed E-state index contributed by atoms with van der Waals surface area (Å²) in [4.78, 5) is 12.9. The van der Waals surface area contributed by atoms with Gasteiger partial charge >= 0.3 is 5.97 Å². The first-order chi connectivity index (χ1) is 7.65. The van der Waals surface area contributed by atoms with Crippen LogP contribution in [0.15, 0.2) is 0 Å². The monoisotopic (exact) mass is 229 g/mol. The van der Waals surface area contributed by atoms with E-state index in [2.05, 4.69) is 10.2 Å². The van der Waals surface area contributed by atoms with Crippen LogP contribution in [0.25, 0.3) is 0 Å². The zero-order valence-electron chi connectivity index (χ0n) is 9.98. The number of aliphatic carboxylic acids is 1. The number of carbonyl (C=O) groups is 1. The predicted molar refractivity (Wildman–Crippen MR) is 63.3 cm³/mol. The lowest BCUT2D eigenvalue weighted by molar-refractivity contribution is -0.137. The fourth-order valence-electron chi connectivity index (χ4n) is 2.41. The molecule has 94 valence electrons. The Morgan fingerprint density at radius 1 is 1.56 bits per heavy atom. The Balaban J connectivity index is 2.40. The van der Waals surface area contributed by atoms with E-state index in [4.69, 9.17) is 10.8 Å². The number of likely N-dealkylation sites (tertiary alicyclic amines) is 1. The molecule has 0 aromatic rings. The zero-order valence-corrected chi connectivity index (χ0v) is 9.98. The predicted octanol–water partition coefficient (Wildman–Crippen LogP) is -0.280. The number of rotatable bonds is 6. The van der Waals surface area contributed by atoms with Crippen molar-refractivity contribution in [3.05, 3.63) is 0 Å². The number of hydrogen-bond donors (Lipinski definition) is 3. The molecule has 5 heteroatoms. The van der Waals surface area contributed by atoms with E-state index in [0.717, 1.165) is 32.5 Å². The van der Waals surface area contributed by atoms with Crippen molar-refractivity contribution in [2.75, 3.05) is 33.2 Å². The molecule has 1 fully saturated rings. The molecule has 2 atom stereocenters. The molecule has 0 amide bonds. The molecule has 0 bridgehead atoms. The molecule has 1 aliphatic heterocycles. The maximum absolute atomic E-state index is 10.6. The molecule has 0 aliphatic carbocycles. The Labute approximate surface area is 97.0 Å². The van der Waals surface area contributed by atoms with Gasteiger partial charge in [-0.05, 0) is 25.8 Å². The summed E-state index contributed by atoms with van der Waals surface area (Å²) in [7, 11) is 1.96. The number of nitrogens with zero attached hydrogens (tertiary/aromatic N) is 1. The van der Waals surface area contributed by atoms with Gasteiger partial charge in [0.1, 0.15) is 0 Å². The molecule has 1 saturated heterocycles. The minimum absolute atomic E-state index is 0.275. The average Bonchev–Trinajstić information content (AvgIpc) is 2.26. The van der Waals surface area contributed by atoms with Gasteiger partial charge in [-0.3, -0.25) is 4.79 Å². The number of carboxylic acids is 1. The standard InChI is InChI=1S/C11H23N3O2/c1-13-10-6-9(2-3-11(15)16)7-14(8-10)5-4-12/h9-10,13H,2-8,12H2,1H3,(H,15,16). The number of likely N-dealkylation sites (N-methyl/N-ethyl adjacent to an activating group) is 1. The Morgan fingerprint density at radius 3 is 2.88 bits per heavy atom. The van der Waals surface area contributed by atoms with Crippen molar-refractivity contribution in [1.29, 1.82) is 0 Å². The number of hydrogen-bond acceptors (Lipinski definition) is 4. The molecule has 1 heterocycles. The number of nitrogens with one attached hydrogen (secondary N) is 1. The number of nitrogens with two attached hydrogens (primary N) is 1. The highest BCUT2D eigenvalue weighted by atomic mass is 16.4. The number of carboxylic acid groups (broad SMARTS) is 1. The van der Waals surface area contributed by atoms with Crippen molar-refractivity contribution >= 4 is 5.97 Å². The van der Waals surface area contributed by atoms with Crippen molar-refractivity contribution in [3.63, 3.8) is 0 Å². The van der Waals surface area contributed by atoms with Gasteiger partial charge in [0.2, 0.25) is 0 Å². The third-order valence-electron chi connectivity index (χ3n) is 3.23. The third kappa shape index (κ3) is 4.47. The van der Waals surface area contributed by atoms with E-state index in [9.17, 15) is 4.79 Å². The van der Waals surface area contributed by atoms with Crippen molar-refractivity contribution in [2.45, 2.75) is 25.3 Å². The molecule has 0 radical (unpaired) electrons. The lowest BCUT2D eigenvalue weighted by Gasteiger charge is -2.37. The van der Waals surface area contributed by atoms with Crippen LogP contribution in [0.4, 0.5) is 0 Å². The summed E-state index contributed by atoms with van der Waals surface area (Å²) in [5.41, 5.74) is 5.56. The van der Waals surface area contributed by atoms with Crippen LogP contribution in [0, 0.1) is 5.92 Å². The van der Waals surface area contributed by atoms with Crippen molar-refractivity contribution in [3.8, 4) is 0 Å². The maximum atomic E-state index is 10.6. The Bertz CT molecular complexity index is 223. The van der Waals surface area contributed by atoms with Gasteiger partial charge in [-0.2, -0.15) is 0 Å². The van der Waals surface area contributed by atoms with Crippen LogP contribution in [-0.2, 0) is 4.79 Å². The van der Waals surface area contributed by atoms with Crippen LogP contribution in [0.5, 0.6) is 0 Å². The smallest absolute Gasteiger partial charge is 0.303 e. The van der Waals surface area contributed by atoms with E-state index in [1.54, 1.807) is 0 Å². The second-order valence-corrected chi connectivity index (χ2v) is 4.57. The highest BCUT2D eigenvalue weighted by molar-refractivity contribution is 5.66. The van der Waals surface area contributed by atoms with Crippen LogP contribution < -0.4 is 11.1 Å². The average molecular weight is 229 g/mol. The van der Waals surface area contributed by atoms with Crippen molar-refractivity contribution in [1.82, 2.24) is 10.2 Å². The number of piperidine rings is 1. The Kier molecular flexibility index (Phi) is 5.73. The van der Waals surface area contributed by atoms with Crippen molar-refractivity contribution in [2.24, 2.45) is 11.7 Å². The first-order valence-electron chi connectivity index (χ1n) is 5.97. The highest BCUT2D eigenvalue weighted by Gasteiger charge is 2.25. The highest BCUT2D eigenvalue weighted by Crippen LogP contribution is 2.21. The first-order valence-corrected chi connectivity index (χ1v) is 5.97. The Hall–Kier alpha value is -0.650. The molecule has 1 aliphatic rings. The molecule has 0 aromatic carbocycles. The molecular formula is C11H23N3O2. The summed E-state index contributed by atoms with van der Waals surface area (Å²) in [6.45, 7) is 3.59. The fraction of sp³-hybridized carbons (Fsp3) is 0.909. The SMILES string of the molecule is CNC1CC(CCC(=O)O)CN(CCN)C1. The molecule has 5 nitrogen and oxygen atoms in total. The first kappa shape index (κ1) is 13.4. The van der Waals surface area contributed by atoms with Gasteiger partial charge in [-0.1, -0.05) is 0 Å². The van der Waals surface area contributed by atoms with E-state index in [1.165, 1.54) is 0 Å². The molecule has 0 aromatic heterocycles. The van der Waals surface area contributed by atoms with E-state index in [-0.39, 0.29) is 6.42 Å². The molecule has 16 heavy (non-hydrogen) atoms. The molecule has 2 unspecified atom stereocenters. The van der Waals surface area contributed by atoms with Crippen LogP contribution in [-0.4, -0.2) is 55.2 Å². The molecule has 4 N–H and O–H groups in total. The van der Waals surface area contributed by atoms with Crippen LogP contribution in [0.3, 0.4) is 0 Å². The molecular weight excluding hydrogens is 206 g/mol. The van der Waals surface area contributed by atoms with Crippen LogP contribution >= 0.6 is 0 Å². The van der Waals surface area contributed by atoms with Crippen molar-refractivity contribution < 1.29 is 9.90 Å².